The molecule has 23 heavy (non-hydrogen) atoms. The molecule has 0 saturated heterocycles. The van der Waals surface area contributed by atoms with Crippen molar-refractivity contribution in [1.29, 1.82) is 0 Å². The van der Waals surface area contributed by atoms with Gasteiger partial charge in [0.2, 0.25) is 0 Å². The predicted octanol–water partition coefficient (Wildman–Crippen LogP) is 5.08. The molecule has 1 aromatic carbocycles. The van der Waals surface area contributed by atoms with Crippen molar-refractivity contribution in [3.63, 3.8) is 0 Å². The number of fused-ring (bicyclic) bond motifs is 1. The lowest BCUT2D eigenvalue weighted by atomic mass is 9.89. The fraction of sp³-hybridized carbons (Fsp3) is 0.350. The number of hydrogen-bond donors (Lipinski definition) is 0. The van der Waals surface area contributed by atoms with Gasteiger partial charge in [0.1, 0.15) is 5.54 Å². The highest BCUT2D eigenvalue weighted by molar-refractivity contribution is 9.10. The van der Waals surface area contributed by atoms with Crippen molar-refractivity contribution in [2.24, 2.45) is 5.92 Å². The molecular weight excluding hydrogens is 350 g/mol. The number of ketones is 1. The third kappa shape index (κ3) is 2.25. The molecule has 0 radical (unpaired) electrons. The van der Waals surface area contributed by atoms with Crippen molar-refractivity contribution in [1.82, 2.24) is 4.90 Å². The monoisotopic (exact) mass is 369 g/mol. The summed E-state index contributed by atoms with van der Waals surface area (Å²) in [5.74, 6) is 0.720. The molecule has 4 rings (SSSR count). The molecule has 0 spiro atoms. The second kappa shape index (κ2) is 5.48. The number of nitrogens with zero attached hydrogens (tertiary/aromatic N) is 1. The van der Waals surface area contributed by atoms with Crippen LogP contribution in [-0.2, 0) is 4.79 Å². The van der Waals surface area contributed by atoms with E-state index in [9.17, 15) is 4.79 Å². The highest BCUT2D eigenvalue weighted by atomic mass is 79.9. The van der Waals surface area contributed by atoms with E-state index in [0.29, 0.717) is 5.92 Å². The van der Waals surface area contributed by atoms with Crippen molar-refractivity contribution in [2.75, 3.05) is 0 Å². The van der Waals surface area contributed by atoms with E-state index in [1.165, 1.54) is 31.4 Å². The van der Waals surface area contributed by atoms with Crippen LogP contribution in [0.5, 0.6) is 0 Å². The van der Waals surface area contributed by atoms with Crippen molar-refractivity contribution in [3.05, 3.63) is 64.4 Å². The Labute approximate surface area is 145 Å². The number of halogens is 1. The molecule has 2 aliphatic heterocycles. The van der Waals surface area contributed by atoms with Gasteiger partial charge in [-0.25, -0.2) is 0 Å². The zero-order chi connectivity index (χ0) is 16.0. The first-order chi connectivity index (χ1) is 11.1. The normalized spacial score (nSPS) is 27.2. The minimum absolute atomic E-state index is 0.224. The van der Waals surface area contributed by atoms with Crippen LogP contribution >= 0.6 is 15.9 Å². The minimum atomic E-state index is -0.560. The second-order valence-electron chi connectivity index (χ2n) is 6.80. The first-order valence-corrected chi connectivity index (χ1v) is 9.11. The highest BCUT2D eigenvalue weighted by Crippen LogP contribution is 2.48. The largest absolute Gasteiger partial charge is 0.334 e. The summed E-state index contributed by atoms with van der Waals surface area (Å²) in [7, 11) is 0. The molecule has 3 aliphatic rings. The first kappa shape index (κ1) is 14.9. The number of carbonyl (C=O) groups excluding carboxylic acids is 1. The molecule has 0 bridgehead atoms. The summed E-state index contributed by atoms with van der Waals surface area (Å²) < 4.78 is 1.04. The van der Waals surface area contributed by atoms with Gasteiger partial charge < -0.3 is 4.90 Å². The molecule has 3 heteroatoms. The fourth-order valence-corrected chi connectivity index (χ4v) is 4.38. The maximum atomic E-state index is 13.3. The lowest BCUT2D eigenvalue weighted by molar-refractivity contribution is -0.118. The molecule has 2 heterocycles. The molecule has 1 saturated carbocycles. The lowest BCUT2D eigenvalue weighted by Gasteiger charge is -2.36. The summed E-state index contributed by atoms with van der Waals surface area (Å²) in [5.41, 5.74) is 2.63. The number of rotatable bonds is 2. The van der Waals surface area contributed by atoms with Gasteiger partial charge in [-0.05, 0) is 49.5 Å². The smallest absolute Gasteiger partial charge is 0.194 e. The average Bonchev–Trinajstić information content (AvgIpc) is 3.14. The number of allylic oxidation sites excluding steroid dienone is 3. The van der Waals surface area contributed by atoms with Crippen molar-refractivity contribution in [3.8, 4) is 0 Å². The third-order valence-electron chi connectivity index (χ3n) is 5.34. The Kier molecular flexibility index (Phi) is 3.56. The molecule has 0 N–H and O–H groups in total. The summed E-state index contributed by atoms with van der Waals surface area (Å²) in [6.07, 6.45) is 13.0. The standard InChI is InChI=1S/C20H20BrNO/c1-20-12-4-5-13-22(20)18(15-6-2-3-7-15)17(19(20)23)14-8-10-16(21)11-9-14/h4-5,8-13,15H,2-3,6-7H2,1H3. The van der Waals surface area contributed by atoms with Gasteiger partial charge in [0.15, 0.2) is 5.78 Å². The molecular formula is C20H20BrNO. The van der Waals surface area contributed by atoms with Gasteiger partial charge in [-0.2, -0.15) is 0 Å². The third-order valence-corrected chi connectivity index (χ3v) is 5.87. The lowest BCUT2D eigenvalue weighted by Crippen LogP contribution is -2.43. The molecule has 0 aromatic heterocycles. The van der Waals surface area contributed by atoms with Crippen molar-refractivity contribution in [2.45, 2.75) is 38.1 Å². The highest BCUT2D eigenvalue weighted by Gasteiger charge is 2.49. The summed E-state index contributed by atoms with van der Waals surface area (Å²) >= 11 is 3.49. The Balaban J connectivity index is 1.90. The molecule has 1 unspecified atom stereocenters. The maximum absolute atomic E-state index is 13.3. The van der Waals surface area contributed by atoms with E-state index >= 15 is 0 Å². The van der Waals surface area contributed by atoms with Crippen LogP contribution in [0, 0.1) is 5.92 Å². The average molecular weight is 370 g/mol. The molecule has 1 fully saturated rings. The van der Waals surface area contributed by atoms with Gasteiger partial charge in [0.25, 0.3) is 0 Å². The van der Waals surface area contributed by atoms with E-state index in [4.69, 9.17) is 0 Å². The van der Waals surface area contributed by atoms with E-state index in [1.54, 1.807) is 0 Å². The summed E-state index contributed by atoms with van der Waals surface area (Å²) in [5, 5.41) is 0. The van der Waals surface area contributed by atoms with Crippen molar-refractivity contribution >= 4 is 27.3 Å². The van der Waals surface area contributed by atoms with E-state index in [2.05, 4.69) is 39.2 Å². The number of hydrogen-bond acceptors (Lipinski definition) is 2. The van der Waals surface area contributed by atoms with E-state index in [1.807, 2.05) is 37.3 Å². The number of carbonyl (C=O) groups is 1. The van der Waals surface area contributed by atoms with E-state index in [-0.39, 0.29) is 5.78 Å². The maximum Gasteiger partial charge on any atom is 0.194 e. The van der Waals surface area contributed by atoms with Gasteiger partial charge in [-0.15, -0.1) is 0 Å². The summed E-state index contributed by atoms with van der Waals surface area (Å²) in [6, 6.07) is 8.16. The Morgan fingerprint density at radius 3 is 2.52 bits per heavy atom. The van der Waals surface area contributed by atoms with E-state index < -0.39 is 5.54 Å². The van der Waals surface area contributed by atoms with Gasteiger partial charge in [-0.3, -0.25) is 4.79 Å². The zero-order valence-corrected chi connectivity index (χ0v) is 14.8. The first-order valence-electron chi connectivity index (χ1n) is 8.31. The van der Waals surface area contributed by atoms with Crippen LogP contribution in [0.15, 0.2) is 58.9 Å². The summed E-state index contributed by atoms with van der Waals surface area (Å²) in [6.45, 7) is 2.04. The minimum Gasteiger partial charge on any atom is -0.334 e. The Hall–Kier alpha value is -1.61. The Morgan fingerprint density at radius 2 is 1.83 bits per heavy atom. The van der Waals surface area contributed by atoms with Crippen LogP contribution in [0.4, 0.5) is 0 Å². The zero-order valence-electron chi connectivity index (χ0n) is 13.3. The van der Waals surface area contributed by atoms with E-state index in [0.717, 1.165) is 15.6 Å². The molecule has 1 aliphatic carbocycles. The van der Waals surface area contributed by atoms with Crippen molar-refractivity contribution < 1.29 is 4.79 Å². The van der Waals surface area contributed by atoms with Crippen LogP contribution in [-0.4, -0.2) is 16.2 Å². The molecule has 1 atom stereocenters. The van der Waals surface area contributed by atoms with Gasteiger partial charge in [0.05, 0.1) is 0 Å². The molecule has 1 aromatic rings. The number of benzene rings is 1. The quantitative estimate of drug-likeness (QED) is 0.724. The fourth-order valence-electron chi connectivity index (χ4n) is 4.11. The Morgan fingerprint density at radius 1 is 1.13 bits per heavy atom. The topological polar surface area (TPSA) is 20.3 Å². The number of Topliss-reactive ketones (excluding diaryl/α,β-unsaturated/α-hetero) is 1. The predicted molar refractivity (Wildman–Crippen MR) is 96.6 cm³/mol. The molecule has 118 valence electrons. The molecule has 0 amide bonds. The summed E-state index contributed by atoms with van der Waals surface area (Å²) in [4.78, 5) is 15.5. The van der Waals surface area contributed by atoms with Gasteiger partial charge in [-0.1, -0.05) is 53.1 Å². The Bertz CT molecular complexity index is 737. The van der Waals surface area contributed by atoms with Crippen LogP contribution in [0.1, 0.15) is 38.2 Å². The van der Waals surface area contributed by atoms with Gasteiger partial charge >= 0.3 is 0 Å². The second-order valence-corrected chi connectivity index (χ2v) is 7.71. The van der Waals surface area contributed by atoms with Crippen LogP contribution < -0.4 is 0 Å². The SMILES string of the molecule is CC12C=CC=CN1C(C1CCCC1)=C(c1ccc(Br)cc1)C2=O. The van der Waals surface area contributed by atoms with Crippen LogP contribution in [0.25, 0.3) is 5.57 Å². The van der Waals surface area contributed by atoms with Crippen LogP contribution in [0.2, 0.25) is 0 Å². The van der Waals surface area contributed by atoms with Gasteiger partial charge in [0, 0.05) is 21.9 Å². The van der Waals surface area contributed by atoms with Crippen LogP contribution in [0.3, 0.4) is 0 Å². The molecule has 2 nitrogen and oxygen atoms in total.